The van der Waals surface area contributed by atoms with E-state index in [0.717, 1.165) is 25.9 Å². The highest BCUT2D eigenvalue weighted by Crippen LogP contribution is 2.43. The zero-order valence-electron chi connectivity index (χ0n) is 13.6. The first-order valence-corrected chi connectivity index (χ1v) is 8.83. The average molecular weight is 293 g/mol. The quantitative estimate of drug-likeness (QED) is 0.646. The molecule has 3 N–H and O–H groups in total. The van der Waals surface area contributed by atoms with Crippen LogP contribution in [0.25, 0.3) is 0 Å². The summed E-state index contributed by atoms with van der Waals surface area (Å²) in [6, 6.07) is 1.23. The third kappa shape index (κ3) is 3.78. The zero-order valence-corrected chi connectivity index (χ0v) is 13.6. The van der Waals surface area contributed by atoms with Gasteiger partial charge in [-0.25, -0.2) is 0 Å². The number of hydrogen-bond donors (Lipinski definition) is 2. The third-order valence-corrected chi connectivity index (χ3v) is 5.26. The predicted octanol–water partition coefficient (Wildman–Crippen LogP) is 1.88. The molecule has 4 heteroatoms. The van der Waals surface area contributed by atoms with Crippen LogP contribution in [0.2, 0.25) is 0 Å². The maximum atomic E-state index is 12.3. The molecule has 0 aromatic heterocycles. The van der Waals surface area contributed by atoms with Gasteiger partial charge in [0.2, 0.25) is 5.91 Å². The number of amides is 1. The van der Waals surface area contributed by atoms with Crippen molar-refractivity contribution in [3.63, 3.8) is 0 Å². The summed E-state index contributed by atoms with van der Waals surface area (Å²) in [5, 5.41) is 3.65. The first-order valence-electron chi connectivity index (χ1n) is 8.83. The summed E-state index contributed by atoms with van der Waals surface area (Å²) < 4.78 is 0. The second-order valence-corrected chi connectivity index (χ2v) is 7.91. The largest absolute Gasteiger partial charge is 0.368 e. The molecule has 0 aromatic carbocycles. The lowest BCUT2D eigenvalue weighted by molar-refractivity contribution is -0.126. The second-order valence-electron chi connectivity index (χ2n) is 7.91. The summed E-state index contributed by atoms with van der Waals surface area (Å²) in [5.74, 6) is 1.06. The summed E-state index contributed by atoms with van der Waals surface area (Å²) in [6.45, 7) is 6.49. The molecule has 21 heavy (non-hydrogen) atoms. The molecule has 1 atom stereocenters. The molecule has 0 radical (unpaired) electrons. The smallest absolute Gasteiger partial charge is 0.239 e. The van der Waals surface area contributed by atoms with Crippen molar-refractivity contribution in [2.75, 3.05) is 13.1 Å². The van der Waals surface area contributed by atoms with E-state index >= 15 is 0 Å². The monoisotopic (exact) mass is 293 g/mol. The average Bonchev–Trinajstić information content (AvgIpc) is 3.27. The Bertz CT molecular complexity index is 385. The van der Waals surface area contributed by atoms with Gasteiger partial charge < -0.3 is 5.73 Å². The van der Waals surface area contributed by atoms with Gasteiger partial charge in [0.25, 0.3) is 0 Å². The fourth-order valence-electron chi connectivity index (χ4n) is 3.39. The first kappa shape index (κ1) is 15.3. The van der Waals surface area contributed by atoms with Gasteiger partial charge in [0.15, 0.2) is 0 Å². The SMILES string of the molecule is CC(C)CCN(CC(NC1CC1)(C(N)=O)C1CC1)C1CC1. The molecule has 3 aliphatic rings. The molecule has 0 heterocycles. The number of rotatable bonds is 10. The van der Waals surface area contributed by atoms with Gasteiger partial charge in [-0.3, -0.25) is 15.0 Å². The fraction of sp³-hybridized carbons (Fsp3) is 0.941. The number of carbonyl (C=O) groups excluding carboxylic acids is 1. The summed E-state index contributed by atoms with van der Waals surface area (Å²) in [4.78, 5) is 14.9. The van der Waals surface area contributed by atoms with Crippen molar-refractivity contribution in [1.82, 2.24) is 10.2 Å². The van der Waals surface area contributed by atoms with Crippen molar-refractivity contribution in [1.29, 1.82) is 0 Å². The summed E-state index contributed by atoms with van der Waals surface area (Å²) >= 11 is 0. The van der Waals surface area contributed by atoms with Crippen molar-refractivity contribution in [3.8, 4) is 0 Å². The highest BCUT2D eigenvalue weighted by Gasteiger charge is 2.53. The van der Waals surface area contributed by atoms with Gasteiger partial charge in [0, 0.05) is 18.6 Å². The van der Waals surface area contributed by atoms with Crippen LogP contribution in [-0.2, 0) is 4.79 Å². The maximum absolute atomic E-state index is 12.3. The number of nitrogens with one attached hydrogen (secondary N) is 1. The van der Waals surface area contributed by atoms with Crippen LogP contribution in [0.4, 0.5) is 0 Å². The lowest BCUT2D eigenvalue weighted by Crippen LogP contribution is -2.64. The Balaban J connectivity index is 1.69. The van der Waals surface area contributed by atoms with Gasteiger partial charge in [-0.15, -0.1) is 0 Å². The Hall–Kier alpha value is -0.610. The normalized spacial score (nSPS) is 25.3. The molecule has 1 unspecified atom stereocenters. The topological polar surface area (TPSA) is 58.4 Å². The Labute approximate surface area is 128 Å². The Morgan fingerprint density at radius 2 is 1.90 bits per heavy atom. The minimum Gasteiger partial charge on any atom is -0.368 e. The van der Waals surface area contributed by atoms with E-state index in [4.69, 9.17) is 5.73 Å². The molecular weight excluding hydrogens is 262 g/mol. The van der Waals surface area contributed by atoms with Crippen LogP contribution in [0.15, 0.2) is 0 Å². The minimum atomic E-state index is -0.458. The predicted molar refractivity (Wildman–Crippen MR) is 84.9 cm³/mol. The zero-order chi connectivity index (χ0) is 15.0. The molecule has 3 saturated carbocycles. The van der Waals surface area contributed by atoms with Gasteiger partial charge in [-0.05, 0) is 63.3 Å². The molecule has 0 saturated heterocycles. The van der Waals surface area contributed by atoms with E-state index in [1.807, 2.05) is 0 Å². The number of primary amides is 1. The van der Waals surface area contributed by atoms with Crippen LogP contribution in [0.3, 0.4) is 0 Å². The van der Waals surface area contributed by atoms with Crippen molar-refractivity contribution in [2.45, 2.75) is 76.4 Å². The van der Waals surface area contributed by atoms with E-state index in [2.05, 4.69) is 24.1 Å². The van der Waals surface area contributed by atoms with Crippen LogP contribution in [-0.4, -0.2) is 41.5 Å². The number of carbonyl (C=O) groups is 1. The summed E-state index contributed by atoms with van der Waals surface area (Å²) in [7, 11) is 0. The Kier molecular flexibility index (Phi) is 4.28. The highest BCUT2D eigenvalue weighted by molar-refractivity contribution is 5.86. The molecular formula is C17H31N3O. The van der Waals surface area contributed by atoms with E-state index in [1.54, 1.807) is 0 Å². The molecule has 4 nitrogen and oxygen atoms in total. The van der Waals surface area contributed by atoms with E-state index in [9.17, 15) is 4.79 Å². The Morgan fingerprint density at radius 1 is 1.24 bits per heavy atom. The highest BCUT2D eigenvalue weighted by atomic mass is 16.1. The van der Waals surface area contributed by atoms with Crippen molar-refractivity contribution >= 4 is 5.91 Å². The number of hydrogen-bond acceptors (Lipinski definition) is 3. The fourth-order valence-corrected chi connectivity index (χ4v) is 3.39. The van der Waals surface area contributed by atoms with E-state index < -0.39 is 5.54 Å². The van der Waals surface area contributed by atoms with Crippen molar-refractivity contribution in [3.05, 3.63) is 0 Å². The molecule has 3 rings (SSSR count). The van der Waals surface area contributed by atoms with E-state index in [0.29, 0.717) is 23.9 Å². The van der Waals surface area contributed by atoms with Crippen LogP contribution in [0, 0.1) is 11.8 Å². The molecule has 0 aliphatic heterocycles. The molecule has 0 bridgehead atoms. The van der Waals surface area contributed by atoms with Gasteiger partial charge in [0.1, 0.15) is 5.54 Å². The number of nitrogens with zero attached hydrogens (tertiary/aromatic N) is 1. The van der Waals surface area contributed by atoms with Crippen molar-refractivity contribution in [2.24, 2.45) is 17.6 Å². The Morgan fingerprint density at radius 3 is 2.33 bits per heavy atom. The molecule has 0 aromatic rings. The molecule has 1 amide bonds. The van der Waals surface area contributed by atoms with E-state index in [1.165, 1.54) is 32.1 Å². The van der Waals surface area contributed by atoms with Gasteiger partial charge in [-0.1, -0.05) is 13.8 Å². The molecule has 0 spiro atoms. The molecule has 3 aliphatic carbocycles. The lowest BCUT2D eigenvalue weighted by Gasteiger charge is -2.38. The second kappa shape index (κ2) is 5.88. The van der Waals surface area contributed by atoms with Crippen LogP contribution >= 0.6 is 0 Å². The van der Waals surface area contributed by atoms with Crippen LogP contribution in [0.5, 0.6) is 0 Å². The number of nitrogens with two attached hydrogens (primary N) is 1. The standard InChI is InChI=1S/C17H31N3O/c1-12(2)9-10-20(15-7-8-15)11-17(16(18)21,13-3-4-13)19-14-5-6-14/h12-15,19H,3-11H2,1-2H3,(H2,18,21). The van der Waals surface area contributed by atoms with Crippen molar-refractivity contribution < 1.29 is 4.79 Å². The minimum absolute atomic E-state index is 0.118. The maximum Gasteiger partial charge on any atom is 0.239 e. The van der Waals surface area contributed by atoms with Crippen LogP contribution < -0.4 is 11.1 Å². The van der Waals surface area contributed by atoms with Gasteiger partial charge in [0.05, 0.1) is 0 Å². The summed E-state index contributed by atoms with van der Waals surface area (Å²) in [5.41, 5.74) is 5.43. The van der Waals surface area contributed by atoms with Gasteiger partial charge in [-0.2, -0.15) is 0 Å². The van der Waals surface area contributed by atoms with Gasteiger partial charge >= 0.3 is 0 Å². The first-order chi connectivity index (χ1) is 10.0. The summed E-state index contributed by atoms with van der Waals surface area (Å²) in [6.07, 6.45) is 8.52. The van der Waals surface area contributed by atoms with Crippen LogP contribution in [0.1, 0.15) is 58.8 Å². The van der Waals surface area contributed by atoms with E-state index in [-0.39, 0.29) is 5.91 Å². The lowest BCUT2D eigenvalue weighted by atomic mass is 9.90. The molecule has 120 valence electrons. The third-order valence-electron chi connectivity index (χ3n) is 5.26. The molecule has 3 fully saturated rings.